The summed E-state index contributed by atoms with van der Waals surface area (Å²) < 4.78 is 41.7. The monoisotopic (exact) mass is 541 g/mol. The molecule has 0 saturated carbocycles. The van der Waals surface area contributed by atoms with E-state index in [0.717, 1.165) is 18.7 Å². The number of H-pyrrole nitrogens is 1. The molecule has 3 aromatic heterocycles. The molecule has 2 amide bonds. The summed E-state index contributed by atoms with van der Waals surface area (Å²) in [6.07, 6.45) is 1.39. The molecule has 0 spiro atoms. The Balaban J connectivity index is 1.34. The molecule has 0 bridgehead atoms. The molecule has 0 unspecified atom stereocenters. The average molecular weight is 542 g/mol. The molecule has 4 aromatic rings. The number of hydrogen-bond acceptors (Lipinski definition) is 7. The molecular weight excluding hydrogens is 515 g/mol. The van der Waals surface area contributed by atoms with Gasteiger partial charge in [0.1, 0.15) is 0 Å². The number of hydrogen-bond donors (Lipinski definition) is 4. The second-order valence-electron chi connectivity index (χ2n) is 8.92. The van der Waals surface area contributed by atoms with E-state index in [4.69, 9.17) is 0 Å². The van der Waals surface area contributed by atoms with Crippen molar-refractivity contribution in [1.82, 2.24) is 40.1 Å². The third-order valence-electron chi connectivity index (χ3n) is 6.48. The van der Waals surface area contributed by atoms with Crippen LogP contribution in [0.3, 0.4) is 0 Å². The summed E-state index contributed by atoms with van der Waals surface area (Å²) in [5.74, 6) is -0.153. The van der Waals surface area contributed by atoms with Gasteiger partial charge in [0.15, 0.2) is 17.2 Å². The zero-order chi connectivity index (χ0) is 27.6. The largest absolute Gasteiger partial charge is 0.435 e. The first-order valence-corrected chi connectivity index (χ1v) is 12.4. The fraction of sp³-hybridized carbons (Fsp3) is 0.320. The molecule has 1 aromatic carbocycles. The number of amides is 2. The Bertz CT molecular complexity index is 1510. The highest BCUT2D eigenvalue weighted by Gasteiger charge is 2.37. The minimum absolute atomic E-state index is 0.0805. The maximum atomic E-state index is 13.4. The summed E-state index contributed by atoms with van der Waals surface area (Å²) in [6.45, 7) is 4.51. The van der Waals surface area contributed by atoms with Gasteiger partial charge in [0.2, 0.25) is 5.91 Å². The van der Waals surface area contributed by atoms with Gasteiger partial charge in [0, 0.05) is 56.0 Å². The van der Waals surface area contributed by atoms with Crippen molar-refractivity contribution in [2.45, 2.75) is 19.5 Å². The molecule has 1 fully saturated rings. The second kappa shape index (κ2) is 10.7. The fourth-order valence-electron chi connectivity index (χ4n) is 4.51. The maximum absolute atomic E-state index is 13.4. The number of alkyl halides is 3. The molecule has 4 N–H and O–H groups in total. The van der Waals surface area contributed by atoms with Crippen LogP contribution in [0.2, 0.25) is 0 Å². The number of benzene rings is 1. The van der Waals surface area contributed by atoms with Crippen molar-refractivity contribution in [3.05, 3.63) is 59.8 Å². The van der Waals surface area contributed by atoms with Crippen LogP contribution in [0.25, 0.3) is 16.9 Å². The zero-order valence-corrected chi connectivity index (χ0v) is 21.0. The van der Waals surface area contributed by atoms with Crippen molar-refractivity contribution < 1.29 is 22.8 Å². The van der Waals surface area contributed by atoms with Gasteiger partial charge in [0.25, 0.3) is 5.91 Å². The highest BCUT2D eigenvalue weighted by atomic mass is 19.4. The van der Waals surface area contributed by atoms with Crippen LogP contribution in [0, 0.1) is 0 Å². The van der Waals surface area contributed by atoms with Crippen molar-refractivity contribution >= 4 is 29.0 Å². The number of halogens is 3. The van der Waals surface area contributed by atoms with Crippen LogP contribution in [0.1, 0.15) is 28.5 Å². The Morgan fingerprint density at radius 2 is 1.95 bits per heavy atom. The molecule has 14 heteroatoms. The maximum Gasteiger partial charge on any atom is 0.435 e. The first-order valence-electron chi connectivity index (χ1n) is 12.4. The Hall–Kier alpha value is -4.46. The first kappa shape index (κ1) is 26.2. The third-order valence-corrected chi connectivity index (χ3v) is 6.48. The van der Waals surface area contributed by atoms with Gasteiger partial charge >= 0.3 is 6.18 Å². The van der Waals surface area contributed by atoms with Gasteiger partial charge in [-0.15, -0.1) is 0 Å². The SMILES string of the molecule is CCc1cc(Nc2nccn3c(-c4c[nH]nc4C(F)(F)F)cnc23)ccc1C(=O)NCC(=O)N1CCNCC1. The molecule has 11 nitrogen and oxygen atoms in total. The standard InChI is InChI=1S/C25H26F3N9O2/c1-2-15-11-16(3-4-17(15)24(39)32-14-20(38)36-8-5-29-6-9-36)34-22-23-31-13-19(37(23)10-7-30-22)18-12-33-35-21(18)25(26,27)28/h3-4,7,10-13,29H,2,5-6,8-9,14H2,1H3,(H,30,34)(H,32,39)(H,33,35). The molecule has 204 valence electrons. The summed E-state index contributed by atoms with van der Waals surface area (Å²) in [4.78, 5) is 35.5. The van der Waals surface area contributed by atoms with Crippen LogP contribution in [-0.2, 0) is 17.4 Å². The molecule has 0 aliphatic carbocycles. The van der Waals surface area contributed by atoms with E-state index in [0.29, 0.717) is 42.2 Å². The normalized spacial score (nSPS) is 14.0. The van der Waals surface area contributed by atoms with Crippen molar-refractivity contribution in [2.24, 2.45) is 0 Å². The Morgan fingerprint density at radius 1 is 1.15 bits per heavy atom. The predicted octanol–water partition coefficient (Wildman–Crippen LogP) is 2.61. The summed E-state index contributed by atoms with van der Waals surface area (Å²) in [7, 11) is 0. The van der Waals surface area contributed by atoms with Crippen LogP contribution < -0.4 is 16.0 Å². The summed E-state index contributed by atoms with van der Waals surface area (Å²) >= 11 is 0. The van der Waals surface area contributed by atoms with E-state index in [9.17, 15) is 22.8 Å². The molecule has 0 atom stereocenters. The number of nitrogens with zero attached hydrogens (tertiary/aromatic N) is 5. The third kappa shape index (κ3) is 5.41. The highest BCUT2D eigenvalue weighted by Crippen LogP contribution is 2.36. The quantitative estimate of drug-likeness (QED) is 0.283. The van der Waals surface area contributed by atoms with Gasteiger partial charge < -0.3 is 20.9 Å². The fourth-order valence-corrected chi connectivity index (χ4v) is 4.51. The number of rotatable bonds is 7. The van der Waals surface area contributed by atoms with Crippen LogP contribution in [0.5, 0.6) is 0 Å². The van der Waals surface area contributed by atoms with Crippen molar-refractivity contribution in [1.29, 1.82) is 0 Å². The number of piperazine rings is 1. The van der Waals surface area contributed by atoms with Crippen molar-refractivity contribution in [3.63, 3.8) is 0 Å². The van der Waals surface area contributed by atoms with E-state index in [1.807, 2.05) is 6.92 Å². The summed E-state index contributed by atoms with van der Waals surface area (Å²) in [6, 6.07) is 5.14. The van der Waals surface area contributed by atoms with Crippen LogP contribution in [0.4, 0.5) is 24.7 Å². The Kier molecular flexibility index (Phi) is 7.19. The van der Waals surface area contributed by atoms with Crippen molar-refractivity contribution in [3.8, 4) is 11.3 Å². The van der Waals surface area contributed by atoms with Gasteiger partial charge in [0.05, 0.1) is 24.0 Å². The van der Waals surface area contributed by atoms with Gasteiger partial charge in [-0.1, -0.05) is 6.92 Å². The van der Waals surface area contributed by atoms with E-state index >= 15 is 0 Å². The van der Waals surface area contributed by atoms with Crippen molar-refractivity contribution in [2.75, 3.05) is 38.0 Å². The number of aromatic amines is 1. The smallest absolute Gasteiger partial charge is 0.343 e. The Morgan fingerprint density at radius 3 is 2.69 bits per heavy atom. The molecule has 1 saturated heterocycles. The minimum atomic E-state index is -4.63. The van der Waals surface area contributed by atoms with Gasteiger partial charge in [-0.2, -0.15) is 18.3 Å². The minimum Gasteiger partial charge on any atom is -0.343 e. The molecule has 1 aliphatic rings. The summed E-state index contributed by atoms with van der Waals surface area (Å²) in [5.41, 5.74) is 1.16. The molecule has 1 aliphatic heterocycles. The lowest BCUT2D eigenvalue weighted by Gasteiger charge is -2.27. The first-order chi connectivity index (χ1) is 18.8. The van der Waals surface area contributed by atoms with Gasteiger partial charge in [-0.25, -0.2) is 9.97 Å². The Labute approximate surface area is 220 Å². The van der Waals surface area contributed by atoms with E-state index in [1.165, 1.54) is 29.2 Å². The van der Waals surface area contributed by atoms with Crippen LogP contribution >= 0.6 is 0 Å². The lowest BCUT2D eigenvalue weighted by molar-refractivity contribution is -0.140. The second-order valence-corrected chi connectivity index (χ2v) is 8.92. The average Bonchev–Trinajstić information content (AvgIpc) is 3.60. The molecular formula is C25H26F3N9O2. The number of aryl methyl sites for hydroxylation is 1. The zero-order valence-electron chi connectivity index (χ0n) is 21.0. The number of carbonyl (C=O) groups is 2. The number of aromatic nitrogens is 5. The van der Waals surface area contributed by atoms with Crippen LogP contribution in [-0.4, -0.2) is 74.0 Å². The lowest BCUT2D eigenvalue weighted by atomic mass is 10.0. The van der Waals surface area contributed by atoms with Crippen LogP contribution in [0.15, 0.2) is 43.0 Å². The van der Waals surface area contributed by atoms with E-state index in [2.05, 4.69) is 36.1 Å². The predicted molar refractivity (Wildman–Crippen MR) is 136 cm³/mol. The number of carbonyl (C=O) groups excluding carboxylic acids is 2. The van der Waals surface area contributed by atoms with Gasteiger partial charge in [-0.3, -0.25) is 19.1 Å². The number of nitrogens with one attached hydrogen (secondary N) is 4. The molecule has 39 heavy (non-hydrogen) atoms. The molecule has 0 radical (unpaired) electrons. The lowest BCUT2D eigenvalue weighted by Crippen LogP contribution is -2.49. The molecule has 5 rings (SSSR count). The summed E-state index contributed by atoms with van der Waals surface area (Å²) in [5, 5.41) is 14.7. The van der Waals surface area contributed by atoms with Gasteiger partial charge in [-0.05, 0) is 30.2 Å². The highest BCUT2D eigenvalue weighted by molar-refractivity contribution is 5.98. The number of imidazole rings is 1. The number of fused-ring (bicyclic) bond motifs is 1. The molecule has 4 heterocycles. The topological polar surface area (TPSA) is 132 Å². The van der Waals surface area contributed by atoms with E-state index in [1.54, 1.807) is 23.1 Å². The van der Waals surface area contributed by atoms with E-state index in [-0.39, 0.29) is 29.6 Å². The number of anilines is 2. The van der Waals surface area contributed by atoms with E-state index < -0.39 is 11.9 Å².